The summed E-state index contributed by atoms with van der Waals surface area (Å²) in [5, 5.41) is 17.3. The van der Waals surface area contributed by atoms with Gasteiger partial charge in [0.25, 0.3) is 0 Å². The molecule has 46 heavy (non-hydrogen) atoms. The number of aldehydes is 1. The minimum Gasteiger partial charge on any atom is -0.480 e. The first-order valence-corrected chi connectivity index (χ1v) is 16.7. The first-order chi connectivity index (χ1) is 22.0. The number of hydrogen-bond acceptors (Lipinski definition) is 8. The molecule has 0 heterocycles. The fourth-order valence-electron chi connectivity index (χ4n) is 4.76. The zero-order valence-corrected chi connectivity index (χ0v) is 27.4. The lowest BCUT2D eigenvalue weighted by molar-refractivity contribution is -0.139. The van der Waals surface area contributed by atoms with Gasteiger partial charge in [-0.15, -0.1) is 0 Å². The summed E-state index contributed by atoms with van der Waals surface area (Å²) in [7, 11) is 0. The maximum Gasteiger partial charge on any atom is 0.408 e. The van der Waals surface area contributed by atoms with E-state index in [1.807, 2.05) is 44.4 Å². The second-order valence-corrected chi connectivity index (χ2v) is 12.5. The van der Waals surface area contributed by atoms with Gasteiger partial charge in [-0.2, -0.15) is 11.8 Å². The molecule has 0 aliphatic carbocycles. The van der Waals surface area contributed by atoms with Crippen LogP contribution in [0.5, 0.6) is 0 Å². The van der Waals surface area contributed by atoms with E-state index in [9.17, 15) is 33.9 Å². The van der Waals surface area contributed by atoms with E-state index in [4.69, 9.17) is 4.74 Å². The lowest BCUT2D eigenvalue weighted by Crippen LogP contribution is -2.50. The van der Waals surface area contributed by atoms with Crippen LogP contribution in [-0.2, 0) is 41.7 Å². The quantitative estimate of drug-likeness (QED) is 0.146. The van der Waals surface area contributed by atoms with Gasteiger partial charge in [-0.3, -0.25) is 14.4 Å². The molecule has 0 bridgehead atoms. The first kappa shape index (κ1) is 38.0. The van der Waals surface area contributed by atoms with Crippen LogP contribution in [0.25, 0.3) is 0 Å². The van der Waals surface area contributed by atoms with E-state index >= 15 is 0 Å². The van der Waals surface area contributed by atoms with Crippen LogP contribution in [0.1, 0.15) is 50.7 Å². The van der Waals surface area contributed by atoms with E-state index in [0.717, 1.165) is 11.1 Å². The number of carboxylic acid groups (broad SMARTS) is 1. The third-order valence-corrected chi connectivity index (χ3v) is 7.90. The van der Waals surface area contributed by atoms with Crippen molar-refractivity contribution in [3.05, 3.63) is 71.8 Å². The zero-order chi connectivity index (χ0) is 33.9. The summed E-state index contributed by atoms with van der Waals surface area (Å²) in [5.74, 6) is -3.38. The molecule has 0 spiro atoms. The van der Waals surface area contributed by atoms with Crippen molar-refractivity contribution in [2.75, 3.05) is 18.6 Å². The predicted molar refractivity (Wildman–Crippen MR) is 176 cm³/mol. The number of ether oxygens (including phenoxy) is 1. The van der Waals surface area contributed by atoms with Crippen LogP contribution in [0.15, 0.2) is 60.7 Å². The Morgan fingerprint density at radius 2 is 1.50 bits per heavy atom. The molecule has 4 atom stereocenters. The van der Waals surface area contributed by atoms with Crippen LogP contribution in [0.4, 0.5) is 4.79 Å². The molecule has 0 aromatic heterocycles. The molecule has 0 saturated heterocycles. The van der Waals surface area contributed by atoms with Crippen LogP contribution < -0.4 is 16.0 Å². The number of aliphatic carboxylic acids is 1. The molecule has 2 aromatic carbocycles. The molecule has 0 fully saturated rings. The van der Waals surface area contributed by atoms with E-state index in [0.29, 0.717) is 24.9 Å². The summed E-state index contributed by atoms with van der Waals surface area (Å²) >= 11 is 1.56. The van der Waals surface area contributed by atoms with E-state index in [1.54, 1.807) is 48.2 Å². The average Bonchev–Trinajstić information content (AvgIpc) is 3.03. The number of Topliss-reactive ketones (excluding diaryl/α,β-unsaturated/α-hetero) is 1. The molecule has 250 valence electrons. The number of ketones is 1. The molecule has 2 rings (SSSR count). The summed E-state index contributed by atoms with van der Waals surface area (Å²) in [6.07, 6.45) is 2.50. The summed E-state index contributed by atoms with van der Waals surface area (Å²) in [6.45, 7) is 3.33. The average molecular weight is 656 g/mol. The molecule has 4 N–H and O–H groups in total. The summed E-state index contributed by atoms with van der Waals surface area (Å²) in [6, 6.07) is 15.6. The molecule has 0 unspecified atom stereocenters. The molecule has 3 amide bonds. The fraction of sp³-hybridized carbons (Fsp3) is 0.471. The highest BCUT2D eigenvalue weighted by Gasteiger charge is 2.31. The van der Waals surface area contributed by atoms with Gasteiger partial charge in [-0.25, -0.2) is 9.59 Å². The third kappa shape index (κ3) is 14.3. The third-order valence-electron chi connectivity index (χ3n) is 7.26. The molecule has 0 aliphatic rings. The standard InChI is InChI=1S/C34H45N3O8S/c1-23(2)18-28(36-32(41)26(14-16-38)15-17-46-3)30(39)20-27(19-24-10-6-4-7-11-24)31(40)35-21-29(33(42)43)37-34(44)45-22-25-12-8-5-9-13-25/h4-13,16,23,26-29H,14-15,17-22H2,1-3H3,(H,35,40)(H,36,41)(H,37,44)(H,42,43)/t26-,27+,28-,29-/m0/s1. The van der Waals surface area contributed by atoms with Gasteiger partial charge in [0.15, 0.2) is 5.78 Å². The van der Waals surface area contributed by atoms with Crippen molar-refractivity contribution in [3.63, 3.8) is 0 Å². The monoisotopic (exact) mass is 655 g/mol. The van der Waals surface area contributed by atoms with Crippen LogP contribution in [0.2, 0.25) is 0 Å². The van der Waals surface area contributed by atoms with Gasteiger partial charge in [0, 0.05) is 31.2 Å². The smallest absolute Gasteiger partial charge is 0.408 e. The van der Waals surface area contributed by atoms with Crippen molar-refractivity contribution in [1.29, 1.82) is 0 Å². The van der Waals surface area contributed by atoms with Crippen molar-refractivity contribution in [2.45, 2.75) is 64.6 Å². The van der Waals surface area contributed by atoms with Gasteiger partial charge in [-0.05, 0) is 48.3 Å². The number of rotatable bonds is 21. The van der Waals surface area contributed by atoms with Gasteiger partial charge in [0.05, 0.1) is 6.04 Å². The van der Waals surface area contributed by atoms with Crippen molar-refractivity contribution in [1.82, 2.24) is 16.0 Å². The van der Waals surface area contributed by atoms with E-state index in [1.165, 1.54) is 0 Å². The molecule has 12 heteroatoms. The summed E-state index contributed by atoms with van der Waals surface area (Å²) in [5.41, 5.74) is 1.51. The van der Waals surface area contributed by atoms with E-state index < -0.39 is 48.4 Å². The number of carbonyl (C=O) groups excluding carboxylic acids is 5. The number of thioether (sulfide) groups is 1. The molecule has 0 saturated carbocycles. The highest BCUT2D eigenvalue weighted by molar-refractivity contribution is 7.98. The van der Waals surface area contributed by atoms with Gasteiger partial charge < -0.3 is 30.6 Å². The number of amides is 3. The second kappa shape index (κ2) is 20.8. The molecule has 2 aromatic rings. The lowest BCUT2D eigenvalue weighted by Gasteiger charge is -2.25. The summed E-state index contributed by atoms with van der Waals surface area (Å²) in [4.78, 5) is 75.6. The normalized spacial score (nSPS) is 13.5. The largest absolute Gasteiger partial charge is 0.480 e. The van der Waals surface area contributed by atoms with Crippen molar-refractivity contribution >= 4 is 47.7 Å². The van der Waals surface area contributed by atoms with Crippen molar-refractivity contribution < 1.29 is 38.6 Å². The van der Waals surface area contributed by atoms with Gasteiger partial charge >= 0.3 is 12.1 Å². The Morgan fingerprint density at radius 3 is 2.07 bits per heavy atom. The predicted octanol–water partition coefficient (Wildman–Crippen LogP) is 3.79. The Bertz CT molecular complexity index is 1280. The Kier molecular flexibility index (Phi) is 17.2. The number of hydrogen-bond donors (Lipinski definition) is 4. The van der Waals surface area contributed by atoms with Gasteiger partial charge in [-0.1, -0.05) is 74.5 Å². The Labute approximate surface area is 274 Å². The number of benzene rings is 2. The SMILES string of the molecule is CSCC[C@H](CC=O)C(=O)N[C@@H](CC(C)C)C(=O)C[C@@H](Cc1ccccc1)C(=O)NC[C@H](NC(=O)OCc1ccccc1)C(=O)O. The van der Waals surface area contributed by atoms with Crippen LogP contribution in [0.3, 0.4) is 0 Å². The lowest BCUT2D eigenvalue weighted by atomic mass is 9.88. The maximum atomic E-state index is 13.7. The van der Waals surface area contributed by atoms with Crippen molar-refractivity contribution in [2.24, 2.45) is 17.8 Å². The number of carbonyl (C=O) groups is 6. The number of nitrogens with one attached hydrogen (secondary N) is 3. The van der Waals surface area contributed by atoms with Crippen LogP contribution in [0, 0.1) is 17.8 Å². The number of carboxylic acids is 1. The van der Waals surface area contributed by atoms with Crippen LogP contribution >= 0.6 is 11.8 Å². The Hall–Kier alpha value is -4.19. The molecule has 11 nitrogen and oxygen atoms in total. The molecular formula is C34H45N3O8S. The minimum absolute atomic E-state index is 0.0482. The van der Waals surface area contributed by atoms with Crippen molar-refractivity contribution in [3.8, 4) is 0 Å². The Morgan fingerprint density at radius 1 is 0.870 bits per heavy atom. The van der Waals surface area contributed by atoms with E-state index in [-0.39, 0.29) is 43.5 Å². The molecule has 0 aliphatic heterocycles. The maximum absolute atomic E-state index is 13.7. The molecular weight excluding hydrogens is 610 g/mol. The van der Waals surface area contributed by atoms with Gasteiger partial charge in [0.2, 0.25) is 11.8 Å². The topological polar surface area (TPSA) is 168 Å². The minimum atomic E-state index is -1.48. The van der Waals surface area contributed by atoms with Gasteiger partial charge in [0.1, 0.15) is 18.9 Å². The highest BCUT2D eigenvalue weighted by Crippen LogP contribution is 2.19. The molecule has 0 radical (unpaired) electrons. The summed E-state index contributed by atoms with van der Waals surface area (Å²) < 4.78 is 5.11. The van der Waals surface area contributed by atoms with E-state index in [2.05, 4.69) is 16.0 Å². The second-order valence-electron chi connectivity index (χ2n) is 11.5. The number of alkyl carbamates (subject to hydrolysis) is 1. The zero-order valence-electron chi connectivity index (χ0n) is 26.6. The van der Waals surface area contributed by atoms with Crippen LogP contribution in [-0.4, -0.2) is 71.7 Å². The first-order valence-electron chi connectivity index (χ1n) is 15.3. The Balaban J connectivity index is 2.14. The fourth-order valence-corrected chi connectivity index (χ4v) is 5.28. The highest BCUT2D eigenvalue weighted by atomic mass is 32.2.